The normalized spacial score (nSPS) is 13.3. The van der Waals surface area contributed by atoms with E-state index in [1.54, 1.807) is 0 Å². The van der Waals surface area contributed by atoms with Gasteiger partial charge < -0.3 is 5.32 Å². The van der Waals surface area contributed by atoms with E-state index in [0.29, 0.717) is 0 Å². The van der Waals surface area contributed by atoms with Gasteiger partial charge in [0.05, 0.1) is 5.88 Å². The fourth-order valence-electron chi connectivity index (χ4n) is 1.80. The molecular weight excluding hydrogens is 202 g/mol. The lowest BCUT2D eigenvalue weighted by Crippen LogP contribution is -1.88. The zero-order chi connectivity index (χ0) is 10.1. The topological polar surface area (TPSA) is 12.0 Å². The van der Waals surface area contributed by atoms with Crippen molar-refractivity contribution in [2.24, 2.45) is 0 Å². The van der Waals surface area contributed by atoms with Crippen molar-refractivity contribution in [2.75, 3.05) is 11.2 Å². The van der Waals surface area contributed by atoms with Crippen LogP contribution in [0.5, 0.6) is 0 Å². The molecule has 0 atom stereocenters. The fraction of sp³-hybridized carbons (Fsp3) is 0.0769. The molecule has 1 aliphatic heterocycles. The Labute approximate surface area is 93.5 Å². The summed E-state index contributed by atoms with van der Waals surface area (Å²) < 4.78 is 0. The van der Waals surface area contributed by atoms with Crippen molar-refractivity contribution in [3.8, 4) is 11.1 Å². The van der Waals surface area contributed by atoms with E-state index in [0.717, 1.165) is 5.88 Å². The first-order chi connectivity index (χ1) is 7.43. The highest BCUT2D eigenvalue weighted by Gasteiger charge is 2.10. The smallest absolute Gasteiger partial charge is 0.0658 e. The molecule has 74 valence electrons. The van der Waals surface area contributed by atoms with Gasteiger partial charge in [-0.3, -0.25) is 0 Å². The van der Waals surface area contributed by atoms with Crippen LogP contribution in [0.4, 0.5) is 5.69 Å². The number of rotatable bonds is 1. The Morgan fingerprint density at radius 2 is 1.80 bits per heavy atom. The summed E-state index contributed by atoms with van der Waals surface area (Å²) in [5.74, 6) is 0.994. The molecule has 15 heavy (non-hydrogen) atoms. The summed E-state index contributed by atoms with van der Waals surface area (Å²) in [6, 6.07) is 17.1. The Balaban J connectivity index is 2.07. The minimum Gasteiger partial charge on any atom is -0.375 e. The average molecular weight is 213 g/mol. The van der Waals surface area contributed by atoms with Gasteiger partial charge in [0.25, 0.3) is 0 Å². The molecule has 0 aliphatic carbocycles. The molecule has 0 amide bonds. The van der Waals surface area contributed by atoms with Crippen LogP contribution in [0.3, 0.4) is 0 Å². The summed E-state index contributed by atoms with van der Waals surface area (Å²) in [6.45, 7) is 0. The zero-order valence-corrected chi connectivity index (χ0v) is 9.05. The second-order valence-electron chi connectivity index (χ2n) is 3.54. The monoisotopic (exact) mass is 213 g/mol. The maximum absolute atomic E-state index is 3.37. The van der Waals surface area contributed by atoms with Crippen molar-refractivity contribution in [1.29, 1.82) is 0 Å². The third kappa shape index (κ3) is 1.61. The summed E-state index contributed by atoms with van der Waals surface area (Å²) in [5, 5.41) is 3.37. The third-order valence-electron chi connectivity index (χ3n) is 2.58. The molecule has 0 spiro atoms. The maximum atomic E-state index is 3.37. The standard InChI is InChI=1S/C13H11NS/c1-2-4-10(5-3-1)11-6-7-13-12(8-11)14-9-15-13/h1-8,14H,9H2. The van der Waals surface area contributed by atoms with Crippen LogP contribution in [0.15, 0.2) is 53.4 Å². The van der Waals surface area contributed by atoms with Crippen LogP contribution in [0.25, 0.3) is 11.1 Å². The van der Waals surface area contributed by atoms with Crippen molar-refractivity contribution in [3.05, 3.63) is 48.5 Å². The molecule has 0 fully saturated rings. The summed E-state index contributed by atoms with van der Waals surface area (Å²) >= 11 is 1.86. The van der Waals surface area contributed by atoms with Crippen LogP contribution in [0.2, 0.25) is 0 Å². The highest BCUT2D eigenvalue weighted by molar-refractivity contribution is 7.99. The Morgan fingerprint density at radius 3 is 2.67 bits per heavy atom. The van der Waals surface area contributed by atoms with Gasteiger partial charge in [-0.1, -0.05) is 36.4 Å². The molecule has 2 heteroatoms. The Morgan fingerprint density at radius 1 is 0.933 bits per heavy atom. The third-order valence-corrected chi connectivity index (χ3v) is 3.53. The molecule has 2 aromatic carbocycles. The van der Waals surface area contributed by atoms with Crippen LogP contribution >= 0.6 is 11.8 Å². The Bertz CT molecular complexity index is 479. The second-order valence-corrected chi connectivity index (χ2v) is 4.56. The first-order valence-electron chi connectivity index (χ1n) is 5.00. The first kappa shape index (κ1) is 8.86. The highest BCUT2D eigenvalue weighted by Crippen LogP contribution is 2.36. The van der Waals surface area contributed by atoms with E-state index < -0.39 is 0 Å². The molecule has 0 aromatic heterocycles. The fourth-order valence-corrected chi connectivity index (χ4v) is 2.63. The molecular formula is C13H11NS. The van der Waals surface area contributed by atoms with E-state index in [2.05, 4.69) is 47.8 Å². The molecule has 0 saturated heterocycles. The van der Waals surface area contributed by atoms with E-state index in [1.807, 2.05) is 17.8 Å². The van der Waals surface area contributed by atoms with Crippen molar-refractivity contribution in [2.45, 2.75) is 4.90 Å². The van der Waals surface area contributed by atoms with Gasteiger partial charge in [-0.15, -0.1) is 11.8 Å². The lowest BCUT2D eigenvalue weighted by atomic mass is 10.1. The minimum atomic E-state index is 0.994. The molecule has 1 N–H and O–H groups in total. The summed E-state index contributed by atoms with van der Waals surface area (Å²) in [5.41, 5.74) is 3.82. The van der Waals surface area contributed by atoms with Crippen LogP contribution in [0, 0.1) is 0 Å². The lowest BCUT2D eigenvalue weighted by Gasteiger charge is -2.04. The van der Waals surface area contributed by atoms with E-state index in [1.165, 1.54) is 21.7 Å². The first-order valence-corrected chi connectivity index (χ1v) is 5.98. The van der Waals surface area contributed by atoms with Crippen molar-refractivity contribution < 1.29 is 0 Å². The van der Waals surface area contributed by atoms with E-state index >= 15 is 0 Å². The maximum Gasteiger partial charge on any atom is 0.0658 e. The van der Waals surface area contributed by atoms with Gasteiger partial charge in [0.15, 0.2) is 0 Å². The van der Waals surface area contributed by atoms with Crippen LogP contribution in [-0.2, 0) is 0 Å². The molecule has 0 unspecified atom stereocenters. The number of fused-ring (bicyclic) bond motifs is 1. The number of benzene rings is 2. The largest absolute Gasteiger partial charge is 0.375 e. The molecule has 0 radical (unpaired) electrons. The number of hydrogen-bond acceptors (Lipinski definition) is 2. The molecule has 2 aromatic rings. The van der Waals surface area contributed by atoms with E-state index in [-0.39, 0.29) is 0 Å². The van der Waals surface area contributed by atoms with Crippen molar-refractivity contribution >= 4 is 17.4 Å². The van der Waals surface area contributed by atoms with Gasteiger partial charge in [0, 0.05) is 10.6 Å². The lowest BCUT2D eigenvalue weighted by molar-refractivity contribution is 1.42. The Hall–Kier alpha value is -1.41. The van der Waals surface area contributed by atoms with Gasteiger partial charge in [0.2, 0.25) is 0 Å². The van der Waals surface area contributed by atoms with Crippen LogP contribution in [0.1, 0.15) is 0 Å². The quantitative estimate of drug-likeness (QED) is 0.772. The Kier molecular flexibility index (Phi) is 2.14. The number of nitrogens with one attached hydrogen (secondary N) is 1. The SMILES string of the molecule is c1ccc(-c2ccc3c(c2)NCS3)cc1. The molecule has 1 nitrogen and oxygen atoms in total. The van der Waals surface area contributed by atoms with Gasteiger partial charge in [0.1, 0.15) is 0 Å². The molecule has 0 saturated carbocycles. The highest BCUT2D eigenvalue weighted by atomic mass is 32.2. The van der Waals surface area contributed by atoms with Gasteiger partial charge in [-0.05, 0) is 23.3 Å². The van der Waals surface area contributed by atoms with Gasteiger partial charge in [-0.2, -0.15) is 0 Å². The number of anilines is 1. The summed E-state index contributed by atoms with van der Waals surface area (Å²) in [7, 11) is 0. The van der Waals surface area contributed by atoms with Crippen LogP contribution < -0.4 is 5.32 Å². The van der Waals surface area contributed by atoms with Crippen molar-refractivity contribution in [1.82, 2.24) is 0 Å². The summed E-state index contributed by atoms with van der Waals surface area (Å²) in [6.07, 6.45) is 0. The molecule has 0 bridgehead atoms. The number of hydrogen-bond donors (Lipinski definition) is 1. The average Bonchev–Trinajstić information content (AvgIpc) is 2.77. The van der Waals surface area contributed by atoms with E-state index in [9.17, 15) is 0 Å². The predicted molar refractivity (Wildman–Crippen MR) is 66.2 cm³/mol. The minimum absolute atomic E-state index is 0.994. The second kappa shape index (κ2) is 3.63. The molecule has 3 rings (SSSR count). The molecule has 1 heterocycles. The van der Waals surface area contributed by atoms with Crippen molar-refractivity contribution in [3.63, 3.8) is 0 Å². The zero-order valence-electron chi connectivity index (χ0n) is 8.23. The molecule has 1 aliphatic rings. The predicted octanol–water partition coefficient (Wildman–Crippen LogP) is 3.83. The summed E-state index contributed by atoms with van der Waals surface area (Å²) in [4.78, 5) is 1.36. The van der Waals surface area contributed by atoms with Crippen LogP contribution in [-0.4, -0.2) is 5.88 Å². The van der Waals surface area contributed by atoms with E-state index in [4.69, 9.17) is 0 Å². The van der Waals surface area contributed by atoms with Gasteiger partial charge in [-0.25, -0.2) is 0 Å². The number of thioether (sulfide) groups is 1. The van der Waals surface area contributed by atoms with Gasteiger partial charge >= 0.3 is 0 Å².